The third-order valence-electron chi connectivity index (χ3n) is 5.50. The summed E-state index contributed by atoms with van der Waals surface area (Å²) in [5.74, 6) is 0.474. The Balaban J connectivity index is 1.79. The Hall–Kier alpha value is -3.19. The summed E-state index contributed by atoms with van der Waals surface area (Å²) in [6, 6.07) is 10.4. The first-order chi connectivity index (χ1) is 14.8. The number of carbonyl (C=O) groups excluding carboxylic acids is 1. The highest BCUT2D eigenvalue weighted by Gasteiger charge is 2.34. The molecule has 0 unspecified atom stereocenters. The van der Waals surface area contributed by atoms with Gasteiger partial charge >= 0.3 is 0 Å². The summed E-state index contributed by atoms with van der Waals surface area (Å²) in [6.45, 7) is 0.628. The van der Waals surface area contributed by atoms with Gasteiger partial charge in [-0.25, -0.2) is 9.97 Å². The Bertz CT molecular complexity index is 1190. The van der Waals surface area contributed by atoms with E-state index in [1.165, 1.54) is 10.6 Å². The van der Waals surface area contributed by atoms with Crippen LogP contribution in [-0.4, -0.2) is 46.0 Å². The van der Waals surface area contributed by atoms with Crippen LogP contribution in [0.25, 0.3) is 11.1 Å². The summed E-state index contributed by atoms with van der Waals surface area (Å²) < 4.78 is 1.42. The molecular weight excluding hydrogens is 414 g/mol. The molecular formula is C23H24ClN5O2. The van der Waals surface area contributed by atoms with Gasteiger partial charge in [0.05, 0.1) is 17.3 Å². The van der Waals surface area contributed by atoms with Crippen LogP contribution in [0.5, 0.6) is 0 Å². The molecule has 4 rings (SSSR count). The molecule has 0 aliphatic carbocycles. The van der Waals surface area contributed by atoms with Crippen molar-refractivity contribution in [1.29, 1.82) is 0 Å². The van der Waals surface area contributed by atoms with Crippen molar-refractivity contribution in [2.24, 2.45) is 7.05 Å². The van der Waals surface area contributed by atoms with Crippen molar-refractivity contribution in [3.8, 4) is 11.1 Å². The molecule has 3 aromatic rings. The highest BCUT2D eigenvalue weighted by atomic mass is 35.5. The van der Waals surface area contributed by atoms with Gasteiger partial charge < -0.3 is 14.4 Å². The van der Waals surface area contributed by atoms with Gasteiger partial charge in [0.15, 0.2) is 0 Å². The van der Waals surface area contributed by atoms with Gasteiger partial charge in [0.2, 0.25) is 11.5 Å². The van der Waals surface area contributed by atoms with Gasteiger partial charge in [0.1, 0.15) is 0 Å². The Morgan fingerprint density at radius 2 is 2.03 bits per heavy atom. The number of nitrogens with zero attached hydrogens (tertiary/aromatic N) is 5. The lowest BCUT2D eigenvalue weighted by molar-refractivity contribution is 0.0732. The molecule has 1 aliphatic heterocycles. The average molecular weight is 438 g/mol. The van der Waals surface area contributed by atoms with Gasteiger partial charge in [-0.15, -0.1) is 0 Å². The quantitative estimate of drug-likeness (QED) is 0.624. The fourth-order valence-corrected chi connectivity index (χ4v) is 4.10. The fourth-order valence-electron chi connectivity index (χ4n) is 3.91. The smallest absolute Gasteiger partial charge is 0.255 e. The molecule has 1 fully saturated rings. The Morgan fingerprint density at radius 1 is 1.23 bits per heavy atom. The first kappa shape index (κ1) is 21.1. The van der Waals surface area contributed by atoms with Crippen LogP contribution < -0.4 is 10.5 Å². The number of hydrogen-bond acceptors (Lipinski definition) is 5. The van der Waals surface area contributed by atoms with Crippen LogP contribution in [0.1, 0.15) is 34.9 Å². The van der Waals surface area contributed by atoms with Crippen LogP contribution in [-0.2, 0) is 7.05 Å². The molecule has 1 amide bonds. The van der Waals surface area contributed by atoms with E-state index in [0.717, 1.165) is 29.7 Å². The summed E-state index contributed by atoms with van der Waals surface area (Å²) >= 11 is 6.23. The van der Waals surface area contributed by atoms with E-state index in [1.54, 1.807) is 25.5 Å². The van der Waals surface area contributed by atoms with E-state index < -0.39 is 0 Å². The van der Waals surface area contributed by atoms with Crippen molar-refractivity contribution in [3.63, 3.8) is 0 Å². The normalized spacial score (nSPS) is 15.9. The predicted octanol–water partition coefficient (Wildman–Crippen LogP) is 3.54. The number of pyridine rings is 1. The number of anilines is 1. The molecule has 0 radical (unpaired) electrons. The van der Waals surface area contributed by atoms with E-state index in [0.29, 0.717) is 23.1 Å². The standard InChI is InChI=1S/C23H24ClN5O2/c1-27(2)23-25-13-18(15-6-4-7-17(24)12-15)21(26-23)19-8-5-11-29(19)22(31)16-9-10-20(30)28(3)14-16/h4,6-7,9-10,12-14,19H,5,8,11H2,1-3H3/t19-/m0/s1. The molecule has 7 nitrogen and oxygen atoms in total. The number of halogens is 1. The minimum atomic E-state index is -0.194. The number of benzene rings is 1. The lowest BCUT2D eigenvalue weighted by Crippen LogP contribution is -2.32. The topological polar surface area (TPSA) is 71.3 Å². The molecule has 1 aromatic carbocycles. The predicted molar refractivity (Wildman–Crippen MR) is 121 cm³/mol. The second-order valence-corrected chi connectivity index (χ2v) is 8.33. The molecule has 3 heterocycles. The molecule has 160 valence electrons. The highest BCUT2D eigenvalue weighted by molar-refractivity contribution is 6.30. The van der Waals surface area contributed by atoms with Crippen LogP contribution in [0.2, 0.25) is 5.02 Å². The van der Waals surface area contributed by atoms with Crippen LogP contribution in [0.15, 0.2) is 53.6 Å². The fraction of sp³-hybridized carbons (Fsp3) is 0.304. The summed E-state index contributed by atoms with van der Waals surface area (Å²) in [4.78, 5) is 38.1. The minimum absolute atomic E-state index is 0.111. The van der Waals surface area contributed by atoms with E-state index in [9.17, 15) is 9.59 Å². The number of carbonyl (C=O) groups is 1. The van der Waals surface area contributed by atoms with E-state index in [4.69, 9.17) is 16.6 Å². The Morgan fingerprint density at radius 3 is 2.74 bits per heavy atom. The molecule has 31 heavy (non-hydrogen) atoms. The lowest BCUT2D eigenvalue weighted by Gasteiger charge is -2.27. The van der Waals surface area contributed by atoms with Gasteiger partial charge in [-0.05, 0) is 36.6 Å². The number of likely N-dealkylation sites (tertiary alicyclic amines) is 1. The first-order valence-corrected chi connectivity index (χ1v) is 10.5. The van der Waals surface area contributed by atoms with E-state index in [2.05, 4.69) is 4.98 Å². The van der Waals surface area contributed by atoms with Crippen molar-refractivity contribution in [2.75, 3.05) is 25.5 Å². The lowest BCUT2D eigenvalue weighted by atomic mass is 9.99. The van der Waals surface area contributed by atoms with Gasteiger partial charge in [-0.1, -0.05) is 23.7 Å². The SMILES string of the molecule is CN(C)c1ncc(-c2cccc(Cl)c2)c([C@@H]2CCCN2C(=O)c2ccc(=O)n(C)c2)n1. The number of hydrogen-bond donors (Lipinski definition) is 0. The maximum atomic E-state index is 13.4. The zero-order valence-electron chi connectivity index (χ0n) is 17.7. The van der Waals surface area contributed by atoms with Gasteiger partial charge in [0.25, 0.3) is 5.91 Å². The Labute approximate surface area is 185 Å². The largest absolute Gasteiger partial charge is 0.347 e. The van der Waals surface area contributed by atoms with Gasteiger partial charge in [-0.3, -0.25) is 9.59 Å². The zero-order valence-corrected chi connectivity index (χ0v) is 18.5. The number of aryl methyl sites for hydroxylation is 1. The van der Waals surface area contributed by atoms with Crippen molar-refractivity contribution >= 4 is 23.5 Å². The molecule has 0 N–H and O–H groups in total. The second kappa shape index (κ2) is 8.51. The maximum absolute atomic E-state index is 13.4. The summed E-state index contributed by atoms with van der Waals surface area (Å²) in [5, 5.41) is 0.629. The maximum Gasteiger partial charge on any atom is 0.255 e. The number of rotatable bonds is 4. The molecule has 1 atom stereocenters. The molecule has 0 saturated carbocycles. The van der Waals surface area contributed by atoms with E-state index in [-0.39, 0.29) is 17.5 Å². The number of amides is 1. The Kier molecular flexibility index (Phi) is 5.78. The van der Waals surface area contributed by atoms with Crippen LogP contribution >= 0.6 is 11.6 Å². The minimum Gasteiger partial charge on any atom is -0.347 e. The molecule has 0 bridgehead atoms. The highest BCUT2D eigenvalue weighted by Crippen LogP contribution is 2.38. The number of aromatic nitrogens is 3. The van der Waals surface area contributed by atoms with Crippen LogP contribution in [0.4, 0.5) is 5.95 Å². The summed E-state index contributed by atoms with van der Waals surface area (Å²) in [7, 11) is 5.42. The monoisotopic (exact) mass is 437 g/mol. The summed E-state index contributed by atoms with van der Waals surface area (Å²) in [5.41, 5.74) is 2.91. The average Bonchev–Trinajstić information content (AvgIpc) is 3.24. The van der Waals surface area contributed by atoms with Crippen LogP contribution in [0, 0.1) is 0 Å². The van der Waals surface area contributed by atoms with Crippen LogP contribution in [0.3, 0.4) is 0 Å². The van der Waals surface area contributed by atoms with Crippen molar-refractivity contribution < 1.29 is 4.79 Å². The van der Waals surface area contributed by atoms with Gasteiger partial charge in [-0.2, -0.15) is 0 Å². The van der Waals surface area contributed by atoms with Crippen molar-refractivity contribution in [3.05, 3.63) is 75.4 Å². The second-order valence-electron chi connectivity index (χ2n) is 7.90. The van der Waals surface area contributed by atoms with E-state index in [1.807, 2.05) is 48.2 Å². The van der Waals surface area contributed by atoms with Crippen molar-refractivity contribution in [2.45, 2.75) is 18.9 Å². The third-order valence-corrected chi connectivity index (χ3v) is 5.74. The molecule has 2 aromatic heterocycles. The first-order valence-electron chi connectivity index (χ1n) is 10.1. The molecule has 1 saturated heterocycles. The molecule has 0 spiro atoms. The molecule has 1 aliphatic rings. The van der Waals surface area contributed by atoms with Crippen molar-refractivity contribution in [1.82, 2.24) is 19.4 Å². The summed E-state index contributed by atoms with van der Waals surface area (Å²) in [6.07, 6.45) is 5.06. The third kappa shape index (κ3) is 4.18. The zero-order chi connectivity index (χ0) is 22.1. The van der Waals surface area contributed by atoms with E-state index >= 15 is 0 Å². The van der Waals surface area contributed by atoms with Gasteiger partial charge in [0, 0.05) is 56.7 Å². The molecule has 8 heteroatoms.